The highest BCUT2D eigenvalue weighted by Gasteiger charge is 2.15. The van der Waals surface area contributed by atoms with Gasteiger partial charge in [-0.05, 0) is 55.4 Å². The number of aromatic nitrogens is 3. The zero-order valence-corrected chi connectivity index (χ0v) is 20.9. The first-order chi connectivity index (χ1) is 18.0. The number of nitriles is 1. The minimum atomic E-state index is -0.239. The number of likely N-dealkylation sites (N-methyl/N-ethyl adjacent to an activating group) is 1. The lowest BCUT2D eigenvalue weighted by atomic mass is 10.1. The summed E-state index contributed by atoms with van der Waals surface area (Å²) in [7, 11) is 2.16. The molecule has 4 aromatic rings. The van der Waals surface area contributed by atoms with Crippen molar-refractivity contribution in [2.24, 2.45) is 0 Å². The Kier molecular flexibility index (Phi) is 6.96. The van der Waals surface area contributed by atoms with E-state index in [1.807, 2.05) is 12.1 Å². The number of pyridine rings is 2. The Morgan fingerprint density at radius 3 is 2.65 bits per heavy atom. The number of aryl methyl sites for hydroxylation is 1. The van der Waals surface area contributed by atoms with Crippen LogP contribution in [0.3, 0.4) is 0 Å². The van der Waals surface area contributed by atoms with Gasteiger partial charge >= 0.3 is 0 Å². The maximum absolute atomic E-state index is 12.9. The van der Waals surface area contributed by atoms with E-state index in [2.05, 4.69) is 63.1 Å². The Labute approximate surface area is 216 Å². The van der Waals surface area contributed by atoms with Crippen molar-refractivity contribution >= 4 is 17.1 Å². The van der Waals surface area contributed by atoms with Gasteiger partial charge in [-0.15, -0.1) is 0 Å². The molecule has 0 unspecified atom stereocenters. The van der Waals surface area contributed by atoms with Crippen LogP contribution in [0.2, 0.25) is 0 Å². The predicted octanol–water partition coefficient (Wildman–Crippen LogP) is 3.31. The lowest BCUT2D eigenvalue weighted by Crippen LogP contribution is -2.43. The largest absolute Gasteiger partial charge is 0.322 e. The minimum Gasteiger partial charge on any atom is -0.322 e. The fraction of sp³-hybridized carbons (Fsp3) is 0.241. The van der Waals surface area contributed by atoms with Crippen molar-refractivity contribution in [2.45, 2.75) is 13.5 Å². The van der Waals surface area contributed by atoms with Crippen molar-refractivity contribution < 1.29 is 4.79 Å². The topological polar surface area (TPSA) is 89.6 Å². The Morgan fingerprint density at radius 1 is 1.03 bits per heavy atom. The number of anilines is 1. The first kappa shape index (κ1) is 24.2. The summed E-state index contributed by atoms with van der Waals surface area (Å²) in [5.41, 5.74) is 6.21. The van der Waals surface area contributed by atoms with Crippen LogP contribution < -0.4 is 5.32 Å². The molecule has 0 spiro atoms. The molecule has 0 bridgehead atoms. The molecular weight excluding hydrogens is 462 g/mol. The quantitative estimate of drug-likeness (QED) is 0.443. The van der Waals surface area contributed by atoms with Crippen LogP contribution in [0.25, 0.3) is 5.52 Å². The van der Waals surface area contributed by atoms with Crippen molar-refractivity contribution in [3.05, 3.63) is 94.6 Å². The number of nitrogens with zero attached hydrogens (tertiary/aromatic N) is 6. The number of fused-ring (bicyclic) bond motifs is 1. The second kappa shape index (κ2) is 10.6. The van der Waals surface area contributed by atoms with Crippen molar-refractivity contribution in [2.75, 3.05) is 38.5 Å². The SMILES string of the molecule is Cc1cc(NC(=O)c2cncc(C#Cc3cnn4ccc(C#N)cc34)c2)ccc1CN1CCN(C)CC1. The summed E-state index contributed by atoms with van der Waals surface area (Å²) in [6, 6.07) is 13.4. The molecule has 0 aliphatic carbocycles. The number of carbonyl (C=O) groups is 1. The van der Waals surface area contributed by atoms with E-state index >= 15 is 0 Å². The fourth-order valence-corrected chi connectivity index (χ4v) is 4.32. The van der Waals surface area contributed by atoms with Crippen molar-refractivity contribution in [3.63, 3.8) is 0 Å². The van der Waals surface area contributed by atoms with Crippen LogP contribution in [0.15, 0.2) is 61.2 Å². The summed E-state index contributed by atoms with van der Waals surface area (Å²) in [5.74, 6) is 5.90. The van der Waals surface area contributed by atoms with E-state index in [0.29, 0.717) is 22.3 Å². The minimum absolute atomic E-state index is 0.239. The Morgan fingerprint density at radius 2 is 1.86 bits per heavy atom. The molecule has 1 aromatic carbocycles. The molecule has 3 aromatic heterocycles. The second-order valence-electron chi connectivity index (χ2n) is 9.30. The summed E-state index contributed by atoms with van der Waals surface area (Å²) in [6.07, 6.45) is 6.53. The molecule has 0 saturated carbocycles. The molecule has 0 radical (unpaired) electrons. The summed E-state index contributed by atoms with van der Waals surface area (Å²) in [6.45, 7) is 7.32. The molecule has 1 amide bonds. The highest BCUT2D eigenvalue weighted by Crippen LogP contribution is 2.19. The summed E-state index contributed by atoms with van der Waals surface area (Å²) in [4.78, 5) is 22.0. The Balaban J connectivity index is 1.27. The smallest absolute Gasteiger partial charge is 0.257 e. The summed E-state index contributed by atoms with van der Waals surface area (Å²) in [5, 5.41) is 16.4. The van der Waals surface area contributed by atoms with E-state index in [1.165, 1.54) is 11.8 Å². The van der Waals surface area contributed by atoms with Crippen LogP contribution in [-0.4, -0.2) is 63.5 Å². The van der Waals surface area contributed by atoms with Crippen molar-refractivity contribution in [1.29, 1.82) is 5.26 Å². The molecule has 1 aliphatic rings. The van der Waals surface area contributed by atoms with E-state index in [0.717, 1.165) is 49.5 Å². The standard InChI is InChI=1S/C29H27N7O/c1-21-13-27(6-5-25(21)20-35-11-9-34(2)10-12-35)33-29(37)26-14-23(17-31-18-26)3-4-24-19-32-36-8-7-22(16-30)15-28(24)36/h5-8,13-15,17-19H,9-12,20H2,1-2H3,(H,33,37). The Hall–Kier alpha value is -4.50. The van der Waals surface area contributed by atoms with Gasteiger partial charge in [0.15, 0.2) is 0 Å². The van der Waals surface area contributed by atoms with Crippen molar-refractivity contribution in [1.82, 2.24) is 24.4 Å². The van der Waals surface area contributed by atoms with Gasteiger partial charge in [0.1, 0.15) is 0 Å². The number of rotatable bonds is 4. The Bertz CT molecular complexity index is 1560. The molecule has 1 saturated heterocycles. The van der Waals surface area contributed by atoms with E-state index in [4.69, 9.17) is 5.26 Å². The maximum Gasteiger partial charge on any atom is 0.257 e. The summed E-state index contributed by atoms with van der Waals surface area (Å²) < 4.78 is 1.67. The number of nitrogens with one attached hydrogen (secondary N) is 1. The van der Waals surface area contributed by atoms with E-state index in [1.54, 1.807) is 41.3 Å². The van der Waals surface area contributed by atoms with Gasteiger partial charge in [-0.1, -0.05) is 17.9 Å². The molecule has 1 fully saturated rings. The third-order valence-electron chi connectivity index (χ3n) is 6.58. The van der Waals surface area contributed by atoms with Gasteiger partial charge in [-0.3, -0.25) is 14.7 Å². The molecule has 37 heavy (non-hydrogen) atoms. The van der Waals surface area contributed by atoms with Crippen molar-refractivity contribution in [3.8, 4) is 17.9 Å². The number of hydrogen-bond acceptors (Lipinski definition) is 6. The zero-order chi connectivity index (χ0) is 25.8. The molecule has 1 aliphatic heterocycles. The van der Waals surface area contributed by atoms with Gasteiger partial charge in [0.2, 0.25) is 0 Å². The van der Waals surface area contributed by atoms with Crippen LogP contribution in [0.1, 0.15) is 38.2 Å². The number of hydrogen-bond donors (Lipinski definition) is 1. The number of amides is 1. The average Bonchev–Trinajstić information content (AvgIpc) is 3.32. The third kappa shape index (κ3) is 5.68. The molecule has 184 valence electrons. The van der Waals surface area contributed by atoms with Gasteiger partial charge in [-0.25, -0.2) is 4.52 Å². The first-order valence-electron chi connectivity index (χ1n) is 12.1. The first-order valence-corrected chi connectivity index (χ1v) is 12.1. The van der Waals surface area contributed by atoms with Crippen LogP contribution >= 0.6 is 0 Å². The summed E-state index contributed by atoms with van der Waals surface area (Å²) >= 11 is 0. The average molecular weight is 490 g/mol. The predicted molar refractivity (Wildman–Crippen MR) is 142 cm³/mol. The normalized spacial score (nSPS) is 14.1. The van der Waals surface area contributed by atoms with Crippen LogP contribution in [0.4, 0.5) is 5.69 Å². The third-order valence-corrected chi connectivity index (χ3v) is 6.58. The van der Waals surface area contributed by atoms with Gasteiger partial charge in [0.05, 0.1) is 34.5 Å². The maximum atomic E-state index is 12.9. The molecule has 8 heteroatoms. The van der Waals surface area contributed by atoms with Crippen LogP contribution in [0.5, 0.6) is 0 Å². The van der Waals surface area contributed by atoms with E-state index in [9.17, 15) is 4.79 Å². The number of piperazine rings is 1. The monoisotopic (exact) mass is 489 g/mol. The fourth-order valence-electron chi connectivity index (χ4n) is 4.32. The van der Waals surface area contributed by atoms with Crippen LogP contribution in [0, 0.1) is 30.1 Å². The van der Waals surface area contributed by atoms with Gasteiger partial charge < -0.3 is 10.2 Å². The van der Waals surface area contributed by atoms with E-state index in [-0.39, 0.29) is 5.91 Å². The van der Waals surface area contributed by atoms with Gasteiger partial charge in [0.25, 0.3) is 5.91 Å². The number of benzene rings is 1. The molecule has 1 N–H and O–H groups in total. The second-order valence-corrected chi connectivity index (χ2v) is 9.30. The molecule has 0 atom stereocenters. The zero-order valence-electron chi connectivity index (χ0n) is 20.9. The van der Waals surface area contributed by atoms with E-state index < -0.39 is 0 Å². The molecule has 8 nitrogen and oxygen atoms in total. The lowest BCUT2D eigenvalue weighted by Gasteiger charge is -2.32. The highest BCUT2D eigenvalue weighted by atomic mass is 16.1. The highest BCUT2D eigenvalue weighted by molar-refractivity contribution is 6.04. The number of carbonyl (C=O) groups excluding carboxylic acids is 1. The van der Waals surface area contributed by atoms with Crippen LogP contribution in [-0.2, 0) is 6.54 Å². The van der Waals surface area contributed by atoms with Gasteiger partial charge in [-0.2, -0.15) is 10.4 Å². The molecule has 4 heterocycles. The van der Waals surface area contributed by atoms with Gasteiger partial charge in [0, 0.05) is 62.6 Å². The molecule has 5 rings (SSSR count). The lowest BCUT2D eigenvalue weighted by molar-refractivity contribution is 0.102. The molecular formula is C29H27N7O.